The summed E-state index contributed by atoms with van der Waals surface area (Å²) in [4.78, 5) is 12.3. The number of phenolic OH excluding ortho intramolecular Hbond substituents is 1. The van der Waals surface area contributed by atoms with Gasteiger partial charge in [-0.3, -0.25) is 4.79 Å². The van der Waals surface area contributed by atoms with Crippen molar-refractivity contribution in [1.29, 1.82) is 5.26 Å². The van der Waals surface area contributed by atoms with Crippen LogP contribution in [0.15, 0.2) is 42.0 Å². The van der Waals surface area contributed by atoms with E-state index in [4.69, 9.17) is 4.74 Å². The van der Waals surface area contributed by atoms with Crippen LogP contribution in [0.5, 0.6) is 11.5 Å². The van der Waals surface area contributed by atoms with Crippen LogP contribution < -0.4 is 10.1 Å². The first-order valence-electron chi connectivity index (χ1n) is 6.70. The van der Waals surface area contributed by atoms with Crippen molar-refractivity contribution in [2.45, 2.75) is 0 Å². The molecule has 0 radical (unpaired) electrons. The van der Waals surface area contributed by atoms with E-state index in [0.29, 0.717) is 14.8 Å². The van der Waals surface area contributed by atoms with E-state index < -0.39 is 5.91 Å². The van der Waals surface area contributed by atoms with Crippen LogP contribution in [0, 0.1) is 18.5 Å². The summed E-state index contributed by atoms with van der Waals surface area (Å²) < 4.78 is 6.52. The number of amides is 1. The minimum atomic E-state index is -0.497. The molecular formula is C17H12I2N2O3. The number of hydrogen-bond acceptors (Lipinski definition) is 4. The molecule has 0 aromatic heterocycles. The van der Waals surface area contributed by atoms with E-state index in [1.807, 2.05) is 40.8 Å². The third-order valence-corrected chi connectivity index (χ3v) is 4.83. The quantitative estimate of drug-likeness (QED) is 0.343. The Morgan fingerprint density at radius 3 is 2.62 bits per heavy atom. The molecule has 2 N–H and O–H groups in total. The summed E-state index contributed by atoms with van der Waals surface area (Å²) in [5, 5.41) is 21.9. The fourth-order valence-corrected chi connectivity index (χ4v) is 3.05. The molecule has 0 saturated carbocycles. The maximum Gasteiger partial charge on any atom is 0.266 e. The van der Waals surface area contributed by atoms with Crippen LogP contribution in [0.4, 0.5) is 5.69 Å². The van der Waals surface area contributed by atoms with Crippen molar-refractivity contribution in [2.24, 2.45) is 0 Å². The summed E-state index contributed by atoms with van der Waals surface area (Å²) in [6.45, 7) is 0. The van der Waals surface area contributed by atoms with E-state index in [9.17, 15) is 15.2 Å². The second-order valence-corrected chi connectivity index (χ2v) is 6.98. The van der Waals surface area contributed by atoms with Gasteiger partial charge in [-0.05, 0) is 81.1 Å². The van der Waals surface area contributed by atoms with Gasteiger partial charge in [0.1, 0.15) is 11.6 Å². The molecule has 1 amide bonds. The molecule has 0 aliphatic heterocycles. The molecule has 2 rings (SSSR count). The Balaban J connectivity index is 2.33. The first-order valence-corrected chi connectivity index (χ1v) is 8.86. The predicted octanol–water partition coefficient (Wildman–Crippen LogP) is 4.16. The van der Waals surface area contributed by atoms with Gasteiger partial charge in [0.15, 0.2) is 11.5 Å². The van der Waals surface area contributed by atoms with E-state index in [1.54, 1.807) is 24.3 Å². The number of para-hydroxylation sites is 1. The number of carbonyl (C=O) groups is 1. The maximum atomic E-state index is 12.3. The zero-order valence-corrected chi connectivity index (χ0v) is 16.8. The van der Waals surface area contributed by atoms with Crippen LogP contribution in [0.1, 0.15) is 5.56 Å². The minimum absolute atomic E-state index is 0.0250. The highest BCUT2D eigenvalue weighted by molar-refractivity contribution is 14.1. The van der Waals surface area contributed by atoms with Crippen LogP contribution in [-0.4, -0.2) is 18.1 Å². The molecule has 0 fully saturated rings. The smallest absolute Gasteiger partial charge is 0.266 e. The highest BCUT2D eigenvalue weighted by Crippen LogP contribution is 2.33. The monoisotopic (exact) mass is 546 g/mol. The standard InChI is InChI=1S/C17H12I2N2O3/c1-24-15-8-10(7-13(19)16(15)22)6-11(9-20)17(23)21-14-5-3-2-4-12(14)18/h2-8,22H,1H3,(H,21,23)/b11-6-. The zero-order chi connectivity index (χ0) is 17.7. The average Bonchev–Trinajstić information content (AvgIpc) is 2.57. The van der Waals surface area contributed by atoms with Gasteiger partial charge in [0.25, 0.3) is 5.91 Å². The highest BCUT2D eigenvalue weighted by atomic mass is 127. The number of carbonyl (C=O) groups excluding carboxylic acids is 1. The number of anilines is 1. The number of ether oxygens (including phenoxy) is 1. The molecule has 0 spiro atoms. The van der Waals surface area contributed by atoms with Gasteiger partial charge < -0.3 is 15.2 Å². The topological polar surface area (TPSA) is 82.3 Å². The second-order valence-electron chi connectivity index (χ2n) is 4.66. The van der Waals surface area contributed by atoms with Crippen LogP contribution in [0.2, 0.25) is 0 Å². The molecule has 2 aromatic rings. The van der Waals surface area contributed by atoms with E-state index in [2.05, 4.69) is 27.9 Å². The second kappa shape index (κ2) is 8.34. The van der Waals surface area contributed by atoms with E-state index >= 15 is 0 Å². The molecule has 0 atom stereocenters. The van der Waals surface area contributed by atoms with Gasteiger partial charge in [-0.15, -0.1) is 0 Å². The number of aromatic hydroxyl groups is 1. The largest absolute Gasteiger partial charge is 0.504 e. The van der Waals surface area contributed by atoms with Crippen LogP contribution in [0.25, 0.3) is 6.08 Å². The first-order chi connectivity index (χ1) is 11.5. The fraction of sp³-hybridized carbons (Fsp3) is 0.0588. The Labute approximate surface area is 166 Å². The molecule has 0 unspecified atom stereocenters. The lowest BCUT2D eigenvalue weighted by atomic mass is 10.1. The summed E-state index contributed by atoms with van der Waals surface area (Å²) >= 11 is 4.06. The van der Waals surface area contributed by atoms with Gasteiger partial charge in [0, 0.05) is 3.57 Å². The Morgan fingerprint density at radius 1 is 1.29 bits per heavy atom. The maximum absolute atomic E-state index is 12.3. The molecule has 2 aromatic carbocycles. The number of hydrogen-bond donors (Lipinski definition) is 2. The number of rotatable bonds is 4. The van der Waals surface area contributed by atoms with Gasteiger partial charge in [-0.1, -0.05) is 12.1 Å². The van der Waals surface area contributed by atoms with Crippen molar-refractivity contribution >= 4 is 62.9 Å². The molecule has 0 saturated heterocycles. The van der Waals surface area contributed by atoms with Crippen molar-refractivity contribution in [3.8, 4) is 17.6 Å². The van der Waals surface area contributed by atoms with Crippen molar-refractivity contribution in [3.05, 3.63) is 54.7 Å². The van der Waals surface area contributed by atoms with Crippen LogP contribution >= 0.6 is 45.2 Å². The molecule has 122 valence electrons. The van der Waals surface area contributed by atoms with E-state index in [0.717, 1.165) is 3.57 Å². The zero-order valence-electron chi connectivity index (χ0n) is 12.5. The Kier molecular flexibility index (Phi) is 6.44. The molecule has 0 aliphatic rings. The Bertz CT molecular complexity index is 857. The number of nitrogens with one attached hydrogen (secondary N) is 1. The Morgan fingerprint density at radius 2 is 2.00 bits per heavy atom. The fourth-order valence-electron chi connectivity index (χ4n) is 1.90. The summed E-state index contributed by atoms with van der Waals surface area (Å²) in [7, 11) is 1.44. The van der Waals surface area contributed by atoms with Crippen molar-refractivity contribution in [3.63, 3.8) is 0 Å². The summed E-state index contributed by atoms with van der Waals surface area (Å²) in [5.41, 5.74) is 1.18. The summed E-state index contributed by atoms with van der Waals surface area (Å²) in [6.07, 6.45) is 1.45. The minimum Gasteiger partial charge on any atom is -0.504 e. The molecule has 0 aliphatic carbocycles. The lowest BCUT2D eigenvalue weighted by Gasteiger charge is -2.08. The highest BCUT2D eigenvalue weighted by Gasteiger charge is 2.13. The molecule has 0 bridgehead atoms. The first kappa shape index (κ1) is 18.5. The number of methoxy groups -OCH3 is 1. The molecule has 5 nitrogen and oxygen atoms in total. The van der Waals surface area contributed by atoms with Gasteiger partial charge in [0.05, 0.1) is 16.4 Å². The average molecular weight is 546 g/mol. The lowest BCUT2D eigenvalue weighted by molar-refractivity contribution is -0.112. The number of nitriles is 1. The van der Waals surface area contributed by atoms with E-state index in [1.165, 1.54) is 13.2 Å². The van der Waals surface area contributed by atoms with Crippen LogP contribution in [0.3, 0.4) is 0 Å². The summed E-state index contributed by atoms with van der Waals surface area (Å²) in [5.74, 6) is -0.191. The predicted molar refractivity (Wildman–Crippen MR) is 109 cm³/mol. The van der Waals surface area contributed by atoms with Gasteiger partial charge in [-0.25, -0.2) is 0 Å². The van der Waals surface area contributed by atoms with Crippen molar-refractivity contribution < 1.29 is 14.6 Å². The van der Waals surface area contributed by atoms with Gasteiger partial charge >= 0.3 is 0 Å². The van der Waals surface area contributed by atoms with Crippen molar-refractivity contribution in [2.75, 3.05) is 12.4 Å². The number of halogens is 2. The normalized spacial score (nSPS) is 10.8. The molecular weight excluding hydrogens is 534 g/mol. The SMILES string of the molecule is COc1cc(/C=C(/C#N)C(=O)Nc2ccccc2I)cc(I)c1O. The van der Waals surface area contributed by atoms with Gasteiger partial charge in [0.2, 0.25) is 0 Å². The number of nitrogens with zero attached hydrogens (tertiary/aromatic N) is 1. The van der Waals surface area contributed by atoms with E-state index in [-0.39, 0.29) is 17.1 Å². The third kappa shape index (κ3) is 4.39. The lowest BCUT2D eigenvalue weighted by Crippen LogP contribution is -2.14. The number of phenols is 1. The molecule has 0 heterocycles. The Hall–Kier alpha value is -1.80. The molecule has 24 heavy (non-hydrogen) atoms. The van der Waals surface area contributed by atoms with Crippen LogP contribution in [-0.2, 0) is 4.79 Å². The van der Waals surface area contributed by atoms with Gasteiger partial charge in [-0.2, -0.15) is 5.26 Å². The molecule has 7 heteroatoms. The number of benzene rings is 2. The third-order valence-electron chi connectivity index (χ3n) is 3.07. The summed E-state index contributed by atoms with van der Waals surface area (Å²) in [6, 6.07) is 12.4. The van der Waals surface area contributed by atoms with Crippen molar-refractivity contribution in [1.82, 2.24) is 0 Å².